The summed E-state index contributed by atoms with van der Waals surface area (Å²) in [4.78, 5) is 13.6. The third-order valence-corrected chi connectivity index (χ3v) is 1.97. The highest BCUT2D eigenvalue weighted by Gasteiger charge is 1.97. The van der Waals surface area contributed by atoms with Crippen LogP contribution in [-0.4, -0.2) is 18.4 Å². The Morgan fingerprint density at radius 1 is 1.64 bits per heavy atom. The molecule has 1 aromatic heterocycles. The molecule has 74 valence electrons. The Hall–Kier alpha value is -1.77. The van der Waals surface area contributed by atoms with Gasteiger partial charge in [0.1, 0.15) is 5.76 Å². The molecule has 0 aliphatic rings. The van der Waals surface area contributed by atoms with Crippen LogP contribution >= 0.6 is 0 Å². The van der Waals surface area contributed by atoms with Crippen LogP contribution in [0.1, 0.15) is 17.3 Å². The molecule has 0 bridgehead atoms. The van der Waals surface area contributed by atoms with E-state index >= 15 is 0 Å². The first-order valence-electron chi connectivity index (χ1n) is 4.26. The molecule has 0 saturated carbocycles. The quantitative estimate of drug-likeness (QED) is 0.560. The fraction of sp³-hybridized carbons (Fsp3) is 0.182. The number of aromatic amines is 1. The zero-order chi connectivity index (χ0) is 10.6. The lowest BCUT2D eigenvalue weighted by Gasteiger charge is -1.96. The van der Waals surface area contributed by atoms with Gasteiger partial charge in [-0.05, 0) is 19.1 Å². The monoisotopic (exact) mass is 191 g/mol. The van der Waals surface area contributed by atoms with E-state index in [4.69, 9.17) is 4.74 Å². The van der Waals surface area contributed by atoms with Crippen LogP contribution in [0.5, 0.6) is 0 Å². The molecule has 0 unspecified atom stereocenters. The summed E-state index contributed by atoms with van der Waals surface area (Å²) in [7, 11) is 1.59. The van der Waals surface area contributed by atoms with Gasteiger partial charge in [0.25, 0.3) is 0 Å². The maximum absolute atomic E-state index is 10.7. The van der Waals surface area contributed by atoms with Crippen molar-refractivity contribution >= 4 is 18.9 Å². The maximum atomic E-state index is 10.7. The highest BCUT2D eigenvalue weighted by molar-refractivity contribution is 5.76. The van der Waals surface area contributed by atoms with Gasteiger partial charge in [0, 0.05) is 22.3 Å². The topological polar surface area (TPSA) is 42.1 Å². The van der Waals surface area contributed by atoms with E-state index in [2.05, 4.69) is 11.6 Å². The van der Waals surface area contributed by atoms with Gasteiger partial charge in [0.15, 0.2) is 6.29 Å². The summed E-state index contributed by atoms with van der Waals surface area (Å²) in [5.41, 5.74) is 0.589. The van der Waals surface area contributed by atoms with Crippen molar-refractivity contribution in [2.45, 2.75) is 6.92 Å². The Morgan fingerprint density at radius 3 is 2.86 bits per heavy atom. The second-order valence-electron chi connectivity index (χ2n) is 2.79. The van der Waals surface area contributed by atoms with E-state index in [9.17, 15) is 4.79 Å². The molecule has 0 atom stereocenters. The molecule has 0 radical (unpaired) electrons. The molecule has 0 spiro atoms. The average molecular weight is 191 g/mol. The van der Waals surface area contributed by atoms with Crippen LogP contribution in [0.4, 0.5) is 0 Å². The van der Waals surface area contributed by atoms with Crippen molar-refractivity contribution in [3.8, 4) is 0 Å². The van der Waals surface area contributed by atoms with Crippen molar-refractivity contribution in [1.82, 2.24) is 4.98 Å². The molecular formula is C11H13NO2. The van der Waals surface area contributed by atoms with Crippen LogP contribution < -0.4 is 10.6 Å². The van der Waals surface area contributed by atoms with Gasteiger partial charge in [0.05, 0.1) is 7.11 Å². The number of allylic oxidation sites excluding steroid dienone is 2. The normalized spacial score (nSPS) is 13.0. The van der Waals surface area contributed by atoms with E-state index in [1.807, 2.05) is 13.0 Å². The minimum atomic E-state index is 0.589. The summed E-state index contributed by atoms with van der Waals surface area (Å²) in [5.74, 6) is 0.706. The fourth-order valence-corrected chi connectivity index (χ4v) is 1.16. The Kier molecular flexibility index (Phi) is 3.29. The first-order chi connectivity index (χ1) is 6.72. The van der Waals surface area contributed by atoms with Gasteiger partial charge >= 0.3 is 0 Å². The van der Waals surface area contributed by atoms with Gasteiger partial charge in [-0.3, -0.25) is 4.79 Å². The summed E-state index contributed by atoms with van der Waals surface area (Å²) in [5, 5.41) is 1.48. The summed E-state index contributed by atoms with van der Waals surface area (Å²) >= 11 is 0. The number of H-pyrrole nitrogens is 1. The minimum absolute atomic E-state index is 0.589. The number of nitrogens with one attached hydrogen (secondary N) is 1. The Morgan fingerprint density at radius 2 is 2.36 bits per heavy atom. The van der Waals surface area contributed by atoms with Crippen molar-refractivity contribution in [2.24, 2.45) is 0 Å². The third kappa shape index (κ3) is 1.93. The highest BCUT2D eigenvalue weighted by atomic mass is 16.5. The number of hydrogen-bond acceptors (Lipinski definition) is 2. The number of methoxy groups -OCH3 is 1. The van der Waals surface area contributed by atoms with Crippen molar-refractivity contribution in [2.75, 3.05) is 7.11 Å². The van der Waals surface area contributed by atoms with Gasteiger partial charge in [-0.25, -0.2) is 0 Å². The van der Waals surface area contributed by atoms with Gasteiger partial charge in [0.2, 0.25) is 0 Å². The molecule has 3 nitrogen and oxygen atoms in total. The predicted molar refractivity (Wildman–Crippen MR) is 56.2 cm³/mol. The molecule has 0 saturated heterocycles. The molecule has 3 heteroatoms. The third-order valence-electron chi connectivity index (χ3n) is 1.97. The molecule has 0 aromatic carbocycles. The minimum Gasteiger partial charge on any atom is -0.497 e. The molecule has 0 aliphatic carbocycles. The van der Waals surface area contributed by atoms with Crippen LogP contribution in [-0.2, 0) is 4.74 Å². The molecule has 1 heterocycles. The number of aromatic nitrogens is 1. The molecule has 14 heavy (non-hydrogen) atoms. The highest BCUT2D eigenvalue weighted by Crippen LogP contribution is 1.95. The Bertz CT molecular complexity index is 454. The summed E-state index contributed by atoms with van der Waals surface area (Å²) < 4.78 is 5.08. The lowest BCUT2D eigenvalue weighted by molar-refractivity contribution is 0.112. The smallest absolute Gasteiger partial charge is 0.152 e. The number of ether oxygens (including phenoxy) is 1. The largest absolute Gasteiger partial charge is 0.497 e. The molecule has 0 fully saturated rings. The van der Waals surface area contributed by atoms with Gasteiger partial charge < -0.3 is 9.72 Å². The van der Waals surface area contributed by atoms with Crippen LogP contribution in [0.2, 0.25) is 0 Å². The second kappa shape index (κ2) is 4.46. The van der Waals surface area contributed by atoms with Crippen LogP contribution in [0.3, 0.4) is 0 Å². The number of carbonyl (C=O) groups is 1. The predicted octanol–water partition coefficient (Wildman–Crippen LogP) is 0.568. The van der Waals surface area contributed by atoms with Crippen LogP contribution in [0, 0.1) is 0 Å². The molecule has 1 rings (SSSR count). The Balaban J connectivity index is 3.36. The standard InChI is InChI=1S/C11H13NO2/c1-4-10(14-3)5-11-8(2)12-6-9(11)7-13/h4-7,12H,2H2,1,3H3/b10-4+,11-5+. The van der Waals surface area contributed by atoms with E-state index in [-0.39, 0.29) is 0 Å². The number of rotatable bonds is 3. The average Bonchev–Trinajstić information content (AvgIpc) is 2.56. The summed E-state index contributed by atoms with van der Waals surface area (Å²) in [6.07, 6.45) is 6.02. The lowest BCUT2D eigenvalue weighted by atomic mass is 10.2. The molecule has 1 N–H and O–H groups in total. The van der Waals surface area contributed by atoms with Crippen molar-refractivity contribution in [3.63, 3.8) is 0 Å². The van der Waals surface area contributed by atoms with E-state index in [0.717, 1.165) is 11.5 Å². The molecular weight excluding hydrogens is 178 g/mol. The van der Waals surface area contributed by atoms with Crippen LogP contribution in [0.25, 0.3) is 12.7 Å². The van der Waals surface area contributed by atoms with Crippen molar-refractivity contribution in [3.05, 3.63) is 34.2 Å². The van der Waals surface area contributed by atoms with E-state index in [1.54, 1.807) is 19.4 Å². The molecule has 0 amide bonds. The summed E-state index contributed by atoms with van der Waals surface area (Å²) in [6, 6.07) is 0. The SMILES string of the molecule is C=c1[nH]cc(C=O)/c1=C/C(=C\C)OC. The van der Waals surface area contributed by atoms with Crippen LogP contribution in [0.15, 0.2) is 18.0 Å². The van der Waals surface area contributed by atoms with E-state index < -0.39 is 0 Å². The first kappa shape index (κ1) is 10.3. The van der Waals surface area contributed by atoms with Gasteiger partial charge in [-0.1, -0.05) is 6.58 Å². The summed E-state index contributed by atoms with van der Waals surface area (Å²) in [6.45, 7) is 5.65. The number of carbonyl (C=O) groups excluding carboxylic acids is 1. The van der Waals surface area contributed by atoms with Crippen molar-refractivity contribution in [1.29, 1.82) is 0 Å². The maximum Gasteiger partial charge on any atom is 0.152 e. The fourth-order valence-electron chi connectivity index (χ4n) is 1.16. The molecule has 1 aromatic rings. The zero-order valence-electron chi connectivity index (χ0n) is 8.33. The van der Waals surface area contributed by atoms with E-state index in [0.29, 0.717) is 16.7 Å². The second-order valence-corrected chi connectivity index (χ2v) is 2.79. The van der Waals surface area contributed by atoms with Gasteiger partial charge in [-0.15, -0.1) is 0 Å². The first-order valence-corrected chi connectivity index (χ1v) is 4.26. The Labute approximate surface area is 82.4 Å². The van der Waals surface area contributed by atoms with E-state index in [1.165, 1.54) is 0 Å². The number of hydrogen-bond donors (Lipinski definition) is 1. The number of aldehydes is 1. The molecule has 0 aliphatic heterocycles. The van der Waals surface area contributed by atoms with Crippen molar-refractivity contribution < 1.29 is 9.53 Å². The lowest BCUT2D eigenvalue weighted by Crippen LogP contribution is -2.23. The van der Waals surface area contributed by atoms with Gasteiger partial charge in [-0.2, -0.15) is 0 Å². The zero-order valence-corrected chi connectivity index (χ0v) is 8.33.